The topological polar surface area (TPSA) is 64.6 Å². The van der Waals surface area contributed by atoms with Gasteiger partial charge < -0.3 is 9.47 Å². The van der Waals surface area contributed by atoms with E-state index in [4.69, 9.17) is 9.47 Å². The molecular weight excluding hydrogens is 405 g/mol. The number of hydrogen-bond acceptors (Lipinski definition) is 4. The number of anilines is 1. The van der Waals surface area contributed by atoms with Gasteiger partial charge in [0.1, 0.15) is 23.9 Å². The van der Waals surface area contributed by atoms with Crippen LogP contribution in [0.25, 0.3) is 11.6 Å². The Bertz CT molecular complexity index is 1250. The normalized spacial score (nSPS) is 14.3. The zero-order valence-corrected chi connectivity index (χ0v) is 17.3. The summed E-state index contributed by atoms with van der Waals surface area (Å²) in [5.74, 6) is 0.769. The molecule has 3 aromatic carbocycles. The summed E-state index contributed by atoms with van der Waals surface area (Å²) < 4.78 is 50.7. The summed E-state index contributed by atoms with van der Waals surface area (Å²) in [5.41, 5.74) is 4.69. The van der Waals surface area contributed by atoms with E-state index >= 15 is 0 Å². The van der Waals surface area contributed by atoms with Crippen molar-refractivity contribution in [3.8, 4) is 11.5 Å². The summed E-state index contributed by atoms with van der Waals surface area (Å²) in [6.07, 6.45) is 3.04. The number of halogens is 1. The van der Waals surface area contributed by atoms with E-state index in [1.54, 1.807) is 31.4 Å². The third kappa shape index (κ3) is 4.31. The molecule has 0 fully saturated rings. The number of rotatable bonds is 4. The molecule has 1 aliphatic heterocycles. The Kier molecular flexibility index (Phi) is 5.22. The molecule has 30 heavy (non-hydrogen) atoms. The van der Waals surface area contributed by atoms with Crippen LogP contribution >= 0.6 is 0 Å². The highest BCUT2D eigenvalue weighted by Gasteiger charge is 2.20. The number of ether oxygens (including phenoxy) is 2. The Hall–Kier alpha value is -3.32. The molecule has 1 heterocycles. The highest BCUT2D eigenvalue weighted by molar-refractivity contribution is 7.92. The lowest BCUT2D eigenvalue weighted by atomic mass is 9.92. The van der Waals surface area contributed by atoms with Crippen molar-refractivity contribution in [1.82, 2.24) is 0 Å². The number of nitrogens with one attached hydrogen (secondary N) is 1. The maximum Gasteiger partial charge on any atom is 0.229 e. The molecule has 0 spiro atoms. The van der Waals surface area contributed by atoms with Crippen molar-refractivity contribution in [3.63, 3.8) is 0 Å². The standard InChI is InChI=1S/C23H20FNO4S/c1-28-19-7-9-20-16(12-19)14-29-23-13-17(24)6-8-21(23)22(20)11-15-4-3-5-18(10-15)25-30(2,26)27/h3-13,25H,14H2,1-2H3/b22-11+. The van der Waals surface area contributed by atoms with Crippen LogP contribution in [0.1, 0.15) is 22.3 Å². The second-order valence-electron chi connectivity index (χ2n) is 7.01. The third-order valence-electron chi connectivity index (χ3n) is 4.72. The summed E-state index contributed by atoms with van der Waals surface area (Å²) in [5, 5.41) is 0. The molecular formula is C23H20FNO4S. The number of fused-ring (bicyclic) bond motifs is 2. The average molecular weight is 425 g/mol. The minimum atomic E-state index is -3.39. The fourth-order valence-corrected chi connectivity index (χ4v) is 4.00. The van der Waals surface area contributed by atoms with Crippen LogP contribution in [0.2, 0.25) is 0 Å². The molecule has 154 valence electrons. The molecule has 0 saturated carbocycles. The van der Waals surface area contributed by atoms with Gasteiger partial charge in [-0.05, 0) is 59.2 Å². The molecule has 1 aliphatic rings. The molecule has 1 N–H and O–H groups in total. The van der Waals surface area contributed by atoms with E-state index in [1.807, 2.05) is 30.3 Å². The first-order chi connectivity index (χ1) is 14.3. The third-order valence-corrected chi connectivity index (χ3v) is 5.33. The lowest BCUT2D eigenvalue weighted by molar-refractivity contribution is 0.304. The number of benzene rings is 3. The van der Waals surface area contributed by atoms with Gasteiger partial charge in [0, 0.05) is 22.9 Å². The van der Waals surface area contributed by atoms with Crippen molar-refractivity contribution >= 4 is 27.4 Å². The first-order valence-corrected chi connectivity index (χ1v) is 11.1. The van der Waals surface area contributed by atoms with E-state index in [2.05, 4.69) is 4.72 Å². The molecule has 0 aliphatic carbocycles. The number of sulfonamides is 1. The highest BCUT2D eigenvalue weighted by Crippen LogP contribution is 2.39. The maximum atomic E-state index is 13.9. The van der Waals surface area contributed by atoms with Gasteiger partial charge in [0.2, 0.25) is 10.0 Å². The maximum absolute atomic E-state index is 13.9. The fourth-order valence-electron chi connectivity index (χ4n) is 3.45. The Morgan fingerprint density at radius 2 is 1.87 bits per heavy atom. The lowest BCUT2D eigenvalue weighted by Gasteiger charge is -2.12. The van der Waals surface area contributed by atoms with Gasteiger partial charge in [-0.3, -0.25) is 4.72 Å². The first kappa shape index (κ1) is 20.0. The molecule has 7 heteroatoms. The Balaban J connectivity index is 1.89. The molecule has 0 atom stereocenters. The fraction of sp³-hybridized carbons (Fsp3) is 0.130. The van der Waals surface area contributed by atoms with Gasteiger partial charge in [0.25, 0.3) is 0 Å². The Labute approximate surface area is 174 Å². The van der Waals surface area contributed by atoms with E-state index in [0.29, 0.717) is 17.2 Å². The summed E-state index contributed by atoms with van der Waals surface area (Å²) in [6.45, 7) is 0.274. The smallest absolute Gasteiger partial charge is 0.229 e. The molecule has 0 unspecified atom stereocenters. The Morgan fingerprint density at radius 3 is 2.63 bits per heavy atom. The predicted octanol–water partition coefficient (Wildman–Crippen LogP) is 4.69. The summed E-state index contributed by atoms with van der Waals surface area (Å²) >= 11 is 0. The zero-order chi connectivity index (χ0) is 21.3. The van der Waals surface area contributed by atoms with E-state index in [9.17, 15) is 12.8 Å². The van der Waals surface area contributed by atoms with E-state index in [1.165, 1.54) is 12.1 Å². The van der Waals surface area contributed by atoms with Crippen molar-refractivity contribution in [3.05, 3.63) is 88.7 Å². The van der Waals surface area contributed by atoms with Crippen LogP contribution in [-0.4, -0.2) is 21.8 Å². The van der Waals surface area contributed by atoms with Gasteiger partial charge in [0.15, 0.2) is 0 Å². The molecule has 0 radical (unpaired) electrons. The summed E-state index contributed by atoms with van der Waals surface area (Å²) in [6, 6.07) is 17.2. The second-order valence-corrected chi connectivity index (χ2v) is 8.76. The van der Waals surface area contributed by atoms with Gasteiger partial charge in [-0.25, -0.2) is 12.8 Å². The van der Waals surface area contributed by atoms with Crippen molar-refractivity contribution in [2.45, 2.75) is 6.61 Å². The van der Waals surface area contributed by atoms with Gasteiger partial charge in [-0.1, -0.05) is 18.2 Å². The summed E-state index contributed by atoms with van der Waals surface area (Å²) in [4.78, 5) is 0. The van der Waals surface area contributed by atoms with Crippen LogP contribution in [0, 0.1) is 5.82 Å². The number of methoxy groups -OCH3 is 1. The molecule has 0 bridgehead atoms. The predicted molar refractivity (Wildman–Crippen MR) is 116 cm³/mol. The molecule has 0 aromatic heterocycles. The van der Waals surface area contributed by atoms with Crippen molar-refractivity contribution < 1.29 is 22.3 Å². The van der Waals surface area contributed by atoms with Crippen molar-refractivity contribution in [1.29, 1.82) is 0 Å². The van der Waals surface area contributed by atoms with Crippen molar-refractivity contribution in [2.75, 3.05) is 18.1 Å². The lowest BCUT2D eigenvalue weighted by Crippen LogP contribution is -2.09. The van der Waals surface area contributed by atoms with Gasteiger partial charge in [-0.15, -0.1) is 0 Å². The molecule has 3 aromatic rings. The number of hydrogen-bond donors (Lipinski definition) is 1. The first-order valence-electron chi connectivity index (χ1n) is 9.22. The van der Waals surface area contributed by atoms with E-state index in [0.717, 1.165) is 34.1 Å². The molecule has 5 nitrogen and oxygen atoms in total. The molecule has 0 amide bonds. The quantitative estimate of drug-likeness (QED) is 0.659. The van der Waals surface area contributed by atoms with Gasteiger partial charge >= 0.3 is 0 Å². The largest absolute Gasteiger partial charge is 0.497 e. The van der Waals surface area contributed by atoms with Crippen LogP contribution in [0.15, 0.2) is 60.7 Å². The minimum absolute atomic E-state index is 0.274. The van der Waals surface area contributed by atoms with E-state index < -0.39 is 10.0 Å². The van der Waals surface area contributed by atoms with Crippen molar-refractivity contribution in [2.24, 2.45) is 0 Å². The molecule has 4 rings (SSSR count). The summed E-state index contributed by atoms with van der Waals surface area (Å²) in [7, 11) is -1.79. The zero-order valence-electron chi connectivity index (χ0n) is 16.5. The van der Waals surface area contributed by atoms with Crippen LogP contribution in [0.5, 0.6) is 11.5 Å². The van der Waals surface area contributed by atoms with Gasteiger partial charge in [0.05, 0.1) is 13.4 Å². The van der Waals surface area contributed by atoms with Crippen LogP contribution < -0.4 is 14.2 Å². The highest BCUT2D eigenvalue weighted by atomic mass is 32.2. The van der Waals surface area contributed by atoms with Crippen LogP contribution in [-0.2, 0) is 16.6 Å². The van der Waals surface area contributed by atoms with Gasteiger partial charge in [-0.2, -0.15) is 0 Å². The molecule has 0 saturated heterocycles. The van der Waals surface area contributed by atoms with Crippen LogP contribution in [0.3, 0.4) is 0 Å². The Morgan fingerprint density at radius 1 is 1.07 bits per heavy atom. The average Bonchev–Trinajstić information content (AvgIpc) is 2.83. The van der Waals surface area contributed by atoms with Crippen LogP contribution in [0.4, 0.5) is 10.1 Å². The van der Waals surface area contributed by atoms with E-state index in [-0.39, 0.29) is 12.4 Å². The second kappa shape index (κ2) is 7.84. The monoisotopic (exact) mass is 425 g/mol. The minimum Gasteiger partial charge on any atom is -0.497 e. The SMILES string of the molecule is COc1ccc2c(c1)COc1cc(F)ccc1/C2=C/c1cccc(NS(C)(=O)=O)c1.